The van der Waals surface area contributed by atoms with Gasteiger partial charge in [0.1, 0.15) is 5.75 Å². The molecule has 0 saturated carbocycles. The first kappa shape index (κ1) is 13.5. The Kier molecular flexibility index (Phi) is 3.30. The minimum Gasteiger partial charge on any atom is -0.497 e. The van der Waals surface area contributed by atoms with E-state index in [0.717, 1.165) is 0 Å². The number of hydrogen-bond donors (Lipinski definition) is 0. The molecule has 1 heterocycles. The molecule has 1 aliphatic heterocycles. The van der Waals surface area contributed by atoms with E-state index < -0.39 is 11.7 Å². The molecule has 2 rings (SSSR count). The highest BCUT2D eigenvalue weighted by molar-refractivity contribution is 5.89. The fourth-order valence-corrected chi connectivity index (χ4v) is 2.16. The summed E-state index contributed by atoms with van der Waals surface area (Å²) in [6, 6.07) is 6.78. The largest absolute Gasteiger partial charge is 0.497 e. The number of carbonyl (C=O) groups is 1. The van der Waals surface area contributed by atoms with Crippen molar-refractivity contribution in [1.29, 1.82) is 0 Å². The zero-order valence-corrected chi connectivity index (χ0v) is 11.6. The van der Waals surface area contributed by atoms with Crippen LogP contribution in [-0.4, -0.2) is 24.3 Å². The van der Waals surface area contributed by atoms with E-state index in [2.05, 4.69) is 10.2 Å². The van der Waals surface area contributed by atoms with Crippen LogP contribution in [0.25, 0.3) is 0 Å². The lowest BCUT2D eigenvalue weighted by molar-refractivity contribution is -0.00783. The van der Waals surface area contributed by atoms with Crippen LogP contribution in [-0.2, 0) is 4.74 Å². The van der Waals surface area contributed by atoms with Crippen molar-refractivity contribution in [3.8, 4) is 5.75 Å². The molecule has 1 atom stereocenters. The third kappa shape index (κ3) is 3.10. The fraction of sp³-hybridized carbons (Fsp3) is 0.500. The number of esters is 1. The molecule has 5 nitrogen and oxygen atoms in total. The van der Waals surface area contributed by atoms with Crippen molar-refractivity contribution < 1.29 is 14.3 Å². The molecule has 0 amide bonds. The number of rotatable bonds is 3. The van der Waals surface area contributed by atoms with Crippen molar-refractivity contribution >= 4 is 5.97 Å². The minimum absolute atomic E-state index is 0.283. The molecule has 19 heavy (non-hydrogen) atoms. The number of carbonyl (C=O) groups excluding carboxylic acids is 1. The van der Waals surface area contributed by atoms with Gasteiger partial charge in [0.25, 0.3) is 0 Å². The third-order valence-corrected chi connectivity index (χ3v) is 2.93. The standard InChI is InChI=1S/C14H18N2O3/c1-13(2)9-14(3,16-15-13)19-12(17)10-5-7-11(18-4)8-6-10/h5-8H,9H2,1-4H3. The number of methoxy groups -OCH3 is 1. The Morgan fingerprint density at radius 3 is 2.26 bits per heavy atom. The smallest absolute Gasteiger partial charge is 0.340 e. The van der Waals surface area contributed by atoms with Gasteiger partial charge >= 0.3 is 5.97 Å². The second-order valence-electron chi connectivity index (χ2n) is 5.48. The summed E-state index contributed by atoms with van der Waals surface area (Å²) in [6.07, 6.45) is 0.585. The Hall–Kier alpha value is -1.91. The molecule has 0 spiro atoms. The van der Waals surface area contributed by atoms with Crippen molar-refractivity contribution in [2.24, 2.45) is 10.2 Å². The van der Waals surface area contributed by atoms with Gasteiger partial charge in [-0.2, -0.15) is 5.11 Å². The molecule has 1 unspecified atom stereocenters. The maximum Gasteiger partial charge on any atom is 0.340 e. The van der Waals surface area contributed by atoms with Crippen LogP contribution < -0.4 is 4.74 Å². The van der Waals surface area contributed by atoms with E-state index in [-0.39, 0.29) is 5.54 Å². The van der Waals surface area contributed by atoms with E-state index in [1.165, 1.54) is 0 Å². The van der Waals surface area contributed by atoms with Gasteiger partial charge < -0.3 is 9.47 Å². The number of benzene rings is 1. The Balaban J connectivity index is 2.07. The summed E-state index contributed by atoms with van der Waals surface area (Å²) >= 11 is 0. The number of nitrogens with zero attached hydrogens (tertiary/aromatic N) is 2. The molecule has 0 fully saturated rings. The Labute approximate surface area is 112 Å². The molecule has 1 aromatic carbocycles. The molecule has 0 N–H and O–H groups in total. The van der Waals surface area contributed by atoms with E-state index in [9.17, 15) is 4.79 Å². The van der Waals surface area contributed by atoms with Crippen LogP contribution in [0.5, 0.6) is 5.75 Å². The van der Waals surface area contributed by atoms with E-state index in [1.54, 1.807) is 38.3 Å². The van der Waals surface area contributed by atoms with E-state index in [1.807, 2.05) is 13.8 Å². The fourth-order valence-electron chi connectivity index (χ4n) is 2.16. The molecule has 0 saturated heterocycles. The van der Waals surface area contributed by atoms with Crippen molar-refractivity contribution in [1.82, 2.24) is 0 Å². The van der Waals surface area contributed by atoms with Gasteiger partial charge in [0, 0.05) is 6.42 Å². The molecule has 102 valence electrons. The van der Waals surface area contributed by atoms with Crippen LogP contribution in [0.1, 0.15) is 37.6 Å². The van der Waals surface area contributed by atoms with Crippen LogP contribution in [0.2, 0.25) is 0 Å². The van der Waals surface area contributed by atoms with E-state index in [0.29, 0.717) is 17.7 Å². The lowest BCUT2D eigenvalue weighted by Crippen LogP contribution is -2.31. The van der Waals surface area contributed by atoms with E-state index >= 15 is 0 Å². The van der Waals surface area contributed by atoms with Crippen LogP contribution in [0, 0.1) is 0 Å². The lowest BCUT2D eigenvalue weighted by atomic mass is 9.97. The average molecular weight is 262 g/mol. The van der Waals surface area contributed by atoms with Gasteiger partial charge in [0.15, 0.2) is 0 Å². The van der Waals surface area contributed by atoms with Crippen molar-refractivity contribution in [3.63, 3.8) is 0 Å². The summed E-state index contributed by atoms with van der Waals surface area (Å²) in [6.45, 7) is 5.69. The number of azo groups is 1. The average Bonchev–Trinajstić information content (AvgIpc) is 2.63. The summed E-state index contributed by atoms with van der Waals surface area (Å²) in [5.41, 5.74) is -0.683. The first-order valence-corrected chi connectivity index (χ1v) is 6.15. The summed E-state index contributed by atoms with van der Waals surface area (Å²) in [5.74, 6) is 0.297. The Morgan fingerprint density at radius 2 is 1.79 bits per heavy atom. The third-order valence-electron chi connectivity index (χ3n) is 2.93. The van der Waals surface area contributed by atoms with Gasteiger partial charge in [-0.1, -0.05) is 0 Å². The maximum absolute atomic E-state index is 12.1. The molecule has 1 aromatic rings. The monoisotopic (exact) mass is 262 g/mol. The predicted molar refractivity (Wildman–Crippen MR) is 70.4 cm³/mol. The van der Waals surface area contributed by atoms with Gasteiger partial charge in [-0.15, -0.1) is 5.11 Å². The zero-order valence-electron chi connectivity index (χ0n) is 11.6. The highest BCUT2D eigenvalue weighted by Crippen LogP contribution is 2.35. The normalized spacial score (nSPS) is 24.2. The van der Waals surface area contributed by atoms with Gasteiger partial charge in [0.05, 0.1) is 18.2 Å². The van der Waals surface area contributed by atoms with Crippen LogP contribution in [0.4, 0.5) is 0 Å². The SMILES string of the molecule is COc1ccc(C(=O)OC2(C)CC(C)(C)N=N2)cc1. The van der Waals surface area contributed by atoms with Crippen molar-refractivity contribution in [3.05, 3.63) is 29.8 Å². The van der Waals surface area contributed by atoms with Gasteiger partial charge in [0.2, 0.25) is 5.72 Å². The number of hydrogen-bond acceptors (Lipinski definition) is 5. The zero-order chi connectivity index (χ0) is 14.1. The Morgan fingerprint density at radius 1 is 1.16 bits per heavy atom. The first-order chi connectivity index (χ1) is 8.84. The highest BCUT2D eigenvalue weighted by atomic mass is 16.6. The predicted octanol–water partition coefficient (Wildman–Crippen LogP) is 3.20. The summed E-state index contributed by atoms with van der Waals surface area (Å²) in [7, 11) is 1.58. The van der Waals surface area contributed by atoms with Crippen LogP contribution in [0.3, 0.4) is 0 Å². The van der Waals surface area contributed by atoms with Gasteiger partial charge in [-0.3, -0.25) is 0 Å². The molecular weight excluding hydrogens is 244 g/mol. The quantitative estimate of drug-likeness (QED) is 0.786. The summed E-state index contributed by atoms with van der Waals surface area (Å²) in [5, 5.41) is 8.20. The number of ether oxygens (including phenoxy) is 2. The van der Waals surface area contributed by atoms with Crippen LogP contribution >= 0.6 is 0 Å². The van der Waals surface area contributed by atoms with E-state index in [4.69, 9.17) is 9.47 Å². The van der Waals surface area contributed by atoms with Crippen molar-refractivity contribution in [2.75, 3.05) is 7.11 Å². The maximum atomic E-state index is 12.1. The molecular formula is C14H18N2O3. The van der Waals surface area contributed by atoms with Gasteiger partial charge in [-0.25, -0.2) is 4.79 Å². The second kappa shape index (κ2) is 4.64. The molecule has 1 aliphatic rings. The summed E-state index contributed by atoms with van der Waals surface area (Å²) in [4.78, 5) is 12.1. The Bertz CT molecular complexity index is 508. The van der Waals surface area contributed by atoms with Gasteiger partial charge in [-0.05, 0) is 45.0 Å². The first-order valence-electron chi connectivity index (χ1n) is 6.15. The molecule has 0 aromatic heterocycles. The molecule has 0 radical (unpaired) electrons. The highest BCUT2D eigenvalue weighted by Gasteiger charge is 2.41. The molecule has 0 aliphatic carbocycles. The topological polar surface area (TPSA) is 60.2 Å². The molecule has 5 heteroatoms. The second-order valence-corrected chi connectivity index (χ2v) is 5.48. The summed E-state index contributed by atoms with van der Waals surface area (Å²) < 4.78 is 10.5. The minimum atomic E-state index is -0.874. The molecule has 0 bridgehead atoms. The van der Waals surface area contributed by atoms with Crippen LogP contribution in [0.15, 0.2) is 34.5 Å². The lowest BCUT2D eigenvalue weighted by Gasteiger charge is -2.22. The van der Waals surface area contributed by atoms with Crippen molar-refractivity contribution in [2.45, 2.75) is 38.5 Å².